The van der Waals surface area contributed by atoms with Crippen molar-refractivity contribution in [3.05, 3.63) is 0 Å². The molecule has 3 heteroatoms. The van der Waals surface area contributed by atoms with Crippen LogP contribution >= 0.6 is 0 Å². The summed E-state index contributed by atoms with van der Waals surface area (Å²) in [6.45, 7) is 1.78. The predicted molar refractivity (Wildman–Crippen MR) is 43.6 cm³/mol. The zero-order valence-electron chi connectivity index (χ0n) is 7.29. The van der Waals surface area contributed by atoms with E-state index in [1.165, 1.54) is 0 Å². The number of ether oxygens (including phenoxy) is 1. The maximum absolute atomic E-state index is 10.8. The number of hydrogen-bond donors (Lipinski definition) is 0. The first-order chi connectivity index (χ1) is 5.77. The molecule has 0 spiro atoms. The first-order valence-corrected chi connectivity index (χ1v) is 4.41. The molecule has 1 fully saturated rings. The molecule has 0 amide bonds. The van der Waals surface area contributed by atoms with Gasteiger partial charge in [0, 0.05) is 12.8 Å². The summed E-state index contributed by atoms with van der Waals surface area (Å²) in [7, 11) is 0. The maximum Gasteiger partial charge on any atom is 0.305 e. The van der Waals surface area contributed by atoms with Crippen LogP contribution in [0.15, 0.2) is 0 Å². The predicted octanol–water partition coefficient (Wildman–Crippen LogP) is 1.31. The fourth-order valence-corrected chi connectivity index (χ4v) is 1.20. The van der Waals surface area contributed by atoms with Crippen LogP contribution in [-0.2, 0) is 14.3 Å². The minimum Gasteiger partial charge on any atom is -0.462 e. The highest BCUT2D eigenvalue weighted by Gasteiger charge is 2.39. The summed E-state index contributed by atoms with van der Waals surface area (Å²) in [6, 6.07) is 0. The SMILES string of the molecule is CCC(=O)OC1CC1CCC=O. The van der Waals surface area contributed by atoms with E-state index in [1.807, 2.05) is 0 Å². The minimum atomic E-state index is -0.131. The quantitative estimate of drug-likeness (QED) is 0.461. The Hall–Kier alpha value is -0.860. The molecule has 68 valence electrons. The van der Waals surface area contributed by atoms with Gasteiger partial charge in [-0.25, -0.2) is 0 Å². The highest BCUT2D eigenvalue weighted by atomic mass is 16.5. The molecule has 0 heterocycles. The van der Waals surface area contributed by atoms with Crippen LogP contribution in [0.4, 0.5) is 0 Å². The molecule has 12 heavy (non-hydrogen) atoms. The van der Waals surface area contributed by atoms with Crippen LogP contribution in [0.1, 0.15) is 32.6 Å². The molecule has 1 aliphatic rings. The maximum atomic E-state index is 10.8. The summed E-state index contributed by atoms with van der Waals surface area (Å²) in [5.74, 6) is 0.319. The lowest BCUT2D eigenvalue weighted by Gasteiger charge is -2.00. The number of hydrogen-bond acceptors (Lipinski definition) is 3. The van der Waals surface area contributed by atoms with Crippen molar-refractivity contribution in [1.29, 1.82) is 0 Å². The fourth-order valence-electron chi connectivity index (χ4n) is 1.20. The van der Waals surface area contributed by atoms with E-state index in [9.17, 15) is 9.59 Å². The topological polar surface area (TPSA) is 43.4 Å². The third-order valence-electron chi connectivity index (χ3n) is 2.08. The lowest BCUT2D eigenvalue weighted by Crippen LogP contribution is -2.05. The molecule has 1 aliphatic carbocycles. The Morgan fingerprint density at radius 3 is 3.00 bits per heavy atom. The van der Waals surface area contributed by atoms with E-state index in [0.717, 1.165) is 19.1 Å². The van der Waals surface area contributed by atoms with E-state index < -0.39 is 0 Å². The van der Waals surface area contributed by atoms with E-state index in [4.69, 9.17) is 4.74 Å². The van der Waals surface area contributed by atoms with E-state index in [2.05, 4.69) is 0 Å². The molecule has 1 saturated carbocycles. The number of carbonyl (C=O) groups excluding carboxylic acids is 2. The highest BCUT2D eigenvalue weighted by Crippen LogP contribution is 2.37. The first-order valence-electron chi connectivity index (χ1n) is 4.41. The van der Waals surface area contributed by atoms with Crippen LogP contribution in [0.2, 0.25) is 0 Å². The first kappa shape index (κ1) is 9.23. The van der Waals surface area contributed by atoms with Crippen LogP contribution in [0.5, 0.6) is 0 Å². The average Bonchev–Trinajstić information content (AvgIpc) is 2.80. The largest absolute Gasteiger partial charge is 0.462 e. The Morgan fingerprint density at radius 2 is 2.42 bits per heavy atom. The van der Waals surface area contributed by atoms with Crippen molar-refractivity contribution in [3.63, 3.8) is 0 Å². The molecule has 2 unspecified atom stereocenters. The Labute approximate surface area is 72.1 Å². The smallest absolute Gasteiger partial charge is 0.305 e. The van der Waals surface area contributed by atoms with E-state index in [0.29, 0.717) is 18.8 Å². The van der Waals surface area contributed by atoms with Crippen molar-refractivity contribution in [1.82, 2.24) is 0 Å². The monoisotopic (exact) mass is 170 g/mol. The van der Waals surface area contributed by atoms with Crippen molar-refractivity contribution in [2.45, 2.75) is 38.7 Å². The second-order valence-electron chi connectivity index (χ2n) is 3.12. The third kappa shape index (κ3) is 2.64. The van der Waals surface area contributed by atoms with Gasteiger partial charge < -0.3 is 9.53 Å². The number of aldehydes is 1. The molecule has 0 aromatic heterocycles. The van der Waals surface area contributed by atoms with Gasteiger partial charge in [-0.2, -0.15) is 0 Å². The van der Waals surface area contributed by atoms with Gasteiger partial charge in [0.25, 0.3) is 0 Å². The van der Waals surface area contributed by atoms with Crippen molar-refractivity contribution in [2.75, 3.05) is 0 Å². The molecule has 1 rings (SSSR count). The summed E-state index contributed by atoms with van der Waals surface area (Å²) in [5.41, 5.74) is 0. The van der Waals surface area contributed by atoms with Crippen LogP contribution < -0.4 is 0 Å². The molecule has 0 aromatic carbocycles. The van der Waals surface area contributed by atoms with Gasteiger partial charge in [-0.05, 0) is 18.8 Å². The molecule has 0 aliphatic heterocycles. The number of carbonyl (C=O) groups is 2. The third-order valence-corrected chi connectivity index (χ3v) is 2.08. The Kier molecular flexibility index (Phi) is 3.26. The number of rotatable bonds is 5. The second kappa shape index (κ2) is 4.24. The second-order valence-corrected chi connectivity index (χ2v) is 3.12. The summed E-state index contributed by atoms with van der Waals surface area (Å²) in [6.07, 6.45) is 3.86. The summed E-state index contributed by atoms with van der Waals surface area (Å²) in [5, 5.41) is 0. The van der Waals surface area contributed by atoms with Crippen LogP contribution in [0.25, 0.3) is 0 Å². The lowest BCUT2D eigenvalue weighted by atomic mass is 10.2. The van der Waals surface area contributed by atoms with Gasteiger partial charge in [-0.1, -0.05) is 6.92 Å². The molecule has 0 saturated heterocycles. The molecule has 0 aromatic rings. The van der Waals surface area contributed by atoms with E-state index in [1.54, 1.807) is 6.92 Å². The summed E-state index contributed by atoms with van der Waals surface area (Å²) < 4.78 is 5.07. The van der Waals surface area contributed by atoms with Gasteiger partial charge in [-0.3, -0.25) is 4.79 Å². The van der Waals surface area contributed by atoms with Crippen LogP contribution in [0, 0.1) is 5.92 Å². The average molecular weight is 170 g/mol. The zero-order chi connectivity index (χ0) is 8.97. The molecule has 3 nitrogen and oxygen atoms in total. The van der Waals surface area contributed by atoms with E-state index >= 15 is 0 Å². The Balaban J connectivity index is 2.07. The van der Waals surface area contributed by atoms with Crippen LogP contribution in [-0.4, -0.2) is 18.4 Å². The normalized spacial score (nSPS) is 26.4. The molecule has 0 N–H and O–H groups in total. The Bertz CT molecular complexity index is 177. The van der Waals surface area contributed by atoms with Crippen molar-refractivity contribution < 1.29 is 14.3 Å². The summed E-state index contributed by atoms with van der Waals surface area (Å²) >= 11 is 0. The van der Waals surface area contributed by atoms with Gasteiger partial charge >= 0.3 is 5.97 Å². The molecule has 0 bridgehead atoms. The summed E-state index contributed by atoms with van der Waals surface area (Å²) in [4.78, 5) is 20.8. The van der Waals surface area contributed by atoms with Crippen LogP contribution in [0.3, 0.4) is 0 Å². The van der Waals surface area contributed by atoms with Gasteiger partial charge in [0.05, 0.1) is 0 Å². The molecular formula is C9H14O3. The zero-order valence-corrected chi connectivity index (χ0v) is 7.29. The van der Waals surface area contributed by atoms with E-state index in [-0.39, 0.29) is 12.1 Å². The van der Waals surface area contributed by atoms with Crippen molar-refractivity contribution in [2.24, 2.45) is 5.92 Å². The lowest BCUT2D eigenvalue weighted by molar-refractivity contribution is -0.145. The molecule has 0 radical (unpaired) electrons. The molecule has 2 atom stereocenters. The molecular weight excluding hydrogens is 156 g/mol. The minimum absolute atomic E-state index is 0.109. The number of esters is 1. The standard InChI is InChI=1S/C9H14O3/c1-2-9(11)12-8-6-7(8)4-3-5-10/h5,7-8H,2-4,6H2,1H3. The Morgan fingerprint density at radius 1 is 1.67 bits per heavy atom. The van der Waals surface area contributed by atoms with Gasteiger partial charge in [-0.15, -0.1) is 0 Å². The van der Waals surface area contributed by atoms with Gasteiger partial charge in [0.1, 0.15) is 12.4 Å². The van der Waals surface area contributed by atoms with Crippen molar-refractivity contribution >= 4 is 12.3 Å². The fraction of sp³-hybridized carbons (Fsp3) is 0.778. The van der Waals surface area contributed by atoms with Gasteiger partial charge in [0.15, 0.2) is 0 Å². The van der Waals surface area contributed by atoms with Gasteiger partial charge in [0.2, 0.25) is 0 Å². The van der Waals surface area contributed by atoms with Crippen molar-refractivity contribution in [3.8, 4) is 0 Å². The highest BCUT2D eigenvalue weighted by molar-refractivity contribution is 5.69.